The van der Waals surface area contributed by atoms with Crippen LogP contribution in [0.4, 0.5) is 5.69 Å². The monoisotopic (exact) mass is 219 g/mol. The van der Waals surface area contributed by atoms with Gasteiger partial charge in [0.1, 0.15) is 0 Å². The van der Waals surface area contributed by atoms with Gasteiger partial charge in [-0.25, -0.2) is 0 Å². The van der Waals surface area contributed by atoms with Gasteiger partial charge in [-0.05, 0) is 37.0 Å². The molecule has 0 atom stereocenters. The van der Waals surface area contributed by atoms with E-state index in [0.717, 1.165) is 13.0 Å². The summed E-state index contributed by atoms with van der Waals surface area (Å²) in [5, 5.41) is 9.31. The van der Waals surface area contributed by atoms with Crippen LogP contribution >= 0.6 is 0 Å². The Labute approximate surface area is 97.9 Å². The predicted molar refractivity (Wildman–Crippen MR) is 67.8 cm³/mol. The Hall–Kier alpha value is -1.02. The number of anilines is 1. The molecule has 1 saturated carbocycles. The number of benzene rings is 1. The number of nitrogens with zero attached hydrogens (tertiary/aromatic N) is 1. The number of aryl methyl sites for hydroxylation is 1. The molecule has 1 aromatic carbocycles. The van der Waals surface area contributed by atoms with E-state index >= 15 is 0 Å². The van der Waals surface area contributed by atoms with Crippen LogP contribution in [-0.2, 0) is 6.42 Å². The van der Waals surface area contributed by atoms with E-state index in [1.54, 1.807) is 0 Å². The van der Waals surface area contributed by atoms with Crippen LogP contribution in [0.5, 0.6) is 0 Å². The highest BCUT2D eigenvalue weighted by molar-refractivity contribution is 5.47. The zero-order valence-corrected chi connectivity index (χ0v) is 10.2. The van der Waals surface area contributed by atoms with Gasteiger partial charge in [0, 0.05) is 24.7 Å². The van der Waals surface area contributed by atoms with E-state index < -0.39 is 0 Å². The van der Waals surface area contributed by atoms with Crippen molar-refractivity contribution in [3.05, 3.63) is 29.8 Å². The third-order valence-corrected chi connectivity index (χ3v) is 3.65. The molecule has 1 fully saturated rings. The molecule has 0 aliphatic heterocycles. The zero-order valence-electron chi connectivity index (χ0n) is 10.2. The Morgan fingerprint density at radius 1 is 1.25 bits per heavy atom. The highest BCUT2D eigenvalue weighted by Gasteiger charge is 2.42. The topological polar surface area (TPSA) is 23.5 Å². The van der Waals surface area contributed by atoms with E-state index in [2.05, 4.69) is 43.1 Å². The predicted octanol–water partition coefficient (Wildman–Crippen LogP) is 2.46. The molecule has 0 radical (unpaired) electrons. The van der Waals surface area contributed by atoms with Gasteiger partial charge in [0.05, 0.1) is 6.61 Å². The van der Waals surface area contributed by atoms with Crippen molar-refractivity contribution < 1.29 is 5.11 Å². The summed E-state index contributed by atoms with van der Waals surface area (Å²) in [5.41, 5.74) is 2.82. The normalized spacial score (nSPS) is 17.2. The Morgan fingerprint density at radius 2 is 1.88 bits per heavy atom. The summed E-state index contributed by atoms with van der Waals surface area (Å²) in [5.74, 6) is 0. The molecule has 1 N–H and O–H groups in total. The minimum absolute atomic E-state index is 0.193. The van der Waals surface area contributed by atoms with Gasteiger partial charge in [-0.15, -0.1) is 0 Å². The summed E-state index contributed by atoms with van der Waals surface area (Å²) in [6.07, 6.45) is 3.42. The number of hydrogen-bond donors (Lipinski definition) is 1. The molecular formula is C14H21NO. The number of hydrogen-bond acceptors (Lipinski definition) is 2. The van der Waals surface area contributed by atoms with Crippen molar-refractivity contribution in [2.45, 2.75) is 26.2 Å². The molecule has 2 rings (SSSR count). The molecule has 16 heavy (non-hydrogen) atoms. The van der Waals surface area contributed by atoms with Crippen LogP contribution in [-0.4, -0.2) is 25.3 Å². The molecular weight excluding hydrogens is 198 g/mol. The molecule has 0 spiro atoms. The highest BCUT2D eigenvalue weighted by Crippen LogP contribution is 2.45. The quantitative estimate of drug-likeness (QED) is 0.822. The first-order chi connectivity index (χ1) is 7.69. The lowest BCUT2D eigenvalue weighted by Crippen LogP contribution is -2.28. The summed E-state index contributed by atoms with van der Waals surface area (Å²) < 4.78 is 0. The lowest BCUT2D eigenvalue weighted by atomic mass is 10.1. The molecule has 1 aliphatic rings. The second-order valence-corrected chi connectivity index (χ2v) is 5.03. The van der Waals surface area contributed by atoms with Crippen molar-refractivity contribution in [1.82, 2.24) is 0 Å². The molecule has 0 aromatic heterocycles. The number of rotatable bonds is 5. The molecule has 2 heteroatoms. The first-order valence-electron chi connectivity index (χ1n) is 6.10. The molecule has 0 unspecified atom stereocenters. The fourth-order valence-corrected chi connectivity index (χ4v) is 2.12. The minimum atomic E-state index is 0.193. The third-order valence-electron chi connectivity index (χ3n) is 3.65. The largest absolute Gasteiger partial charge is 0.396 e. The second-order valence-electron chi connectivity index (χ2n) is 5.03. The van der Waals surface area contributed by atoms with Crippen molar-refractivity contribution >= 4 is 5.69 Å². The van der Waals surface area contributed by atoms with Crippen LogP contribution in [0.2, 0.25) is 0 Å². The van der Waals surface area contributed by atoms with Crippen LogP contribution in [0.3, 0.4) is 0 Å². The molecule has 1 aromatic rings. The summed E-state index contributed by atoms with van der Waals surface area (Å²) >= 11 is 0. The molecule has 0 amide bonds. The Balaban J connectivity index is 2.00. The molecule has 0 heterocycles. The van der Waals surface area contributed by atoms with Gasteiger partial charge in [-0.1, -0.05) is 19.1 Å². The van der Waals surface area contributed by atoms with Crippen LogP contribution in [0.25, 0.3) is 0 Å². The molecule has 2 nitrogen and oxygen atoms in total. The van der Waals surface area contributed by atoms with E-state index in [1.807, 2.05) is 0 Å². The zero-order chi connectivity index (χ0) is 11.6. The second kappa shape index (κ2) is 4.46. The lowest BCUT2D eigenvalue weighted by Gasteiger charge is -2.24. The van der Waals surface area contributed by atoms with Crippen molar-refractivity contribution in [3.8, 4) is 0 Å². The van der Waals surface area contributed by atoms with Crippen LogP contribution in [0, 0.1) is 5.41 Å². The van der Waals surface area contributed by atoms with Gasteiger partial charge in [0.15, 0.2) is 0 Å². The minimum Gasteiger partial charge on any atom is -0.396 e. The van der Waals surface area contributed by atoms with Crippen molar-refractivity contribution in [2.24, 2.45) is 5.41 Å². The Bertz CT molecular complexity index is 340. The van der Waals surface area contributed by atoms with Crippen molar-refractivity contribution in [3.63, 3.8) is 0 Å². The van der Waals surface area contributed by atoms with Gasteiger partial charge in [-0.3, -0.25) is 0 Å². The van der Waals surface area contributed by atoms with E-state index in [1.165, 1.54) is 24.1 Å². The Kier molecular flexibility index (Phi) is 3.20. The van der Waals surface area contributed by atoms with Gasteiger partial charge < -0.3 is 10.0 Å². The molecule has 0 saturated heterocycles. The average molecular weight is 219 g/mol. The third kappa shape index (κ3) is 2.38. The Morgan fingerprint density at radius 3 is 2.31 bits per heavy atom. The first-order valence-corrected chi connectivity index (χ1v) is 6.10. The maximum Gasteiger partial charge on any atom is 0.0504 e. The van der Waals surface area contributed by atoms with Gasteiger partial charge in [0.2, 0.25) is 0 Å². The standard InChI is InChI=1S/C14H21NO/c1-3-12-4-6-13(7-5-12)15(2)10-14(11-16)8-9-14/h4-7,16H,3,8-11H2,1-2H3. The lowest BCUT2D eigenvalue weighted by molar-refractivity contribution is 0.215. The fourth-order valence-electron chi connectivity index (χ4n) is 2.12. The van der Waals surface area contributed by atoms with E-state index in [0.29, 0.717) is 6.61 Å². The van der Waals surface area contributed by atoms with Crippen LogP contribution in [0.1, 0.15) is 25.3 Å². The van der Waals surface area contributed by atoms with Crippen molar-refractivity contribution in [2.75, 3.05) is 25.1 Å². The van der Waals surface area contributed by atoms with E-state index in [-0.39, 0.29) is 5.41 Å². The summed E-state index contributed by atoms with van der Waals surface area (Å²) in [6, 6.07) is 8.72. The summed E-state index contributed by atoms with van der Waals surface area (Å²) in [4.78, 5) is 2.25. The average Bonchev–Trinajstić information content (AvgIpc) is 3.09. The van der Waals surface area contributed by atoms with Gasteiger partial charge >= 0.3 is 0 Å². The first kappa shape index (κ1) is 11.5. The highest BCUT2D eigenvalue weighted by atomic mass is 16.3. The fraction of sp³-hybridized carbons (Fsp3) is 0.571. The molecule has 0 bridgehead atoms. The maximum atomic E-state index is 9.31. The van der Waals surface area contributed by atoms with Crippen LogP contribution < -0.4 is 4.90 Å². The van der Waals surface area contributed by atoms with Gasteiger partial charge in [-0.2, -0.15) is 0 Å². The maximum absolute atomic E-state index is 9.31. The summed E-state index contributed by atoms with van der Waals surface area (Å²) in [6.45, 7) is 3.46. The SMILES string of the molecule is CCc1ccc(N(C)CC2(CO)CC2)cc1. The summed E-state index contributed by atoms with van der Waals surface area (Å²) in [7, 11) is 2.11. The van der Waals surface area contributed by atoms with Crippen LogP contribution in [0.15, 0.2) is 24.3 Å². The molecule has 88 valence electrons. The molecule has 1 aliphatic carbocycles. The van der Waals surface area contributed by atoms with E-state index in [9.17, 15) is 5.11 Å². The number of aliphatic hydroxyl groups is 1. The van der Waals surface area contributed by atoms with Gasteiger partial charge in [0.25, 0.3) is 0 Å². The number of aliphatic hydroxyl groups excluding tert-OH is 1. The van der Waals surface area contributed by atoms with E-state index in [4.69, 9.17) is 0 Å². The van der Waals surface area contributed by atoms with Crippen molar-refractivity contribution in [1.29, 1.82) is 0 Å². The smallest absolute Gasteiger partial charge is 0.0504 e.